The molecule has 0 saturated heterocycles. The van der Waals surface area contributed by atoms with Crippen LogP contribution in [0.5, 0.6) is 0 Å². The highest BCUT2D eigenvalue weighted by atomic mass is 16.1. The van der Waals surface area contributed by atoms with E-state index in [1.165, 1.54) is 16.8 Å². The van der Waals surface area contributed by atoms with Gasteiger partial charge in [-0.1, -0.05) is 69.3 Å². The van der Waals surface area contributed by atoms with E-state index in [-0.39, 0.29) is 11.2 Å². The number of carbonyl (C=O) groups excluding carboxylic acids is 1. The molecule has 2 heteroatoms. The minimum atomic E-state index is -0.00304. The van der Waals surface area contributed by atoms with E-state index in [2.05, 4.69) is 56.0 Å². The fourth-order valence-corrected chi connectivity index (χ4v) is 3.37. The molecule has 3 rings (SSSR count). The average Bonchev–Trinajstić information content (AvgIpc) is 3.10. The Kier molecular flexibility index (Phi) is 4.86. The summed E-state index contributed by atoms with van der Waals surface area (Å²) >= 11 is 0. The topological polar surface area (TPSA) is 20.3 Å². The van der Waals surface area contributed by atoms with Crippen LogP contribution in [0.25, 0.3) is 5.57 Å². The Bertz CT molecular complexity index is 880. The van der Waals surface area contributed by atoms with Crippen LogP contribution in [0.3, 0.4) is 0 Å². The third kappa shape index (κ3) is 3.50. The van der Waals surface area contributed by atoms with Crippen molar-refractivity contribution in [2.24, 2.45) is 0 Å². The van der Waals surface area contributed by atoms with Gasteiger partial charge in [-0.25, -0.2) is 0 Å². The third-order valence-electron chi connectivity index (χ3n) is 4.88. The second kappa shape index (κ2) is 6.95. The van der Waals surface area contributed by atoms with E-state index in [0.717, 1.165) is 23.1 Å². The number of likely N-dealkylation sites (N-methyl/N-ethyl adjacent to an activating group) is 1. The molecule has 2 aromatic carbocycles. The summed E-state index contributed by atoms with van der Waals surface area (Å²) < 4.78 is 0. The standard InChI is InChI=1S/C24H27NO/c1-24(2,3)18-14-15-19(20-12-9-13-22(20)25(4)5)21(16-18)23(26)17-10-7-6-8-11-17/h6-11,13-16H,12H2,1-5H3. The van der Waals surface area contributed by atoms with Gasteiger partial charge in [-0.3, -0.25) is 4.79 Å². The molecular weight excluding hydrogens is 318 g/mol. The van der Waals surface area contributed by atoms with E-state index in [9.17, 15) is 4.79 Å². The third-order valence-corrected chi connectivity index (χ3v) is 4.88. The summed E-state index contributed by atoms with van der Waals surface area (Å²) in [6.45, 7) is 6.54. The molecule has 1 aliphatic rings. The van der Waals surface area contributed by atoms with Crippen molar-refractivity contribution in [2.45, 2.75) is 32.6 Å². The van der Waals surface area contributed by atoms with E-state index in [0.29, 0.717) is 0 Å². The zero-order chi connectivity index (χ0) is 18.9. The lowest BCUT2D eigenvalue weighted by molar-refractivity contribution is 0.103. The van der Waals surface area contributed by atoms with Crippen LogP contribution in [-0.4, -0.2) is 24.8 Å². The van der Waals surface area contributed by atoms with Crippen LogP contribution in [0.2, 0.25) is 0 Å². The number of rotatable bonds is 4. The van der Waals surface area contributed by atoms with Crippen LogP contribution in [0.4, 0.5) is 0 Å². The summed E-state index contributed by atoms with van der Waals surface area (Å²) in [5.74, 6) is 0.0872. The van der Waals surface area contributed by atoms with Crippen LogP contribution in [-0.2, 0) is 5.41 Å². The predicted octanol–water partition coefficient (Wildman–Crippen LogP) is 5.45. The van der Waals surface area contributed by atoms with Crippen molar-refractivity contribution in [3.05, 3.63) is 88.6 Å². The minimum Gasteiger partial charge on any atom is -0.377 e. The Labute approximate surface area is 156 Å². The zero-order valence-corrected chi connectivity index (χ0v) is 16.3. The first kappa shape index (κ1) is 18.2. The summed E-state index contributed by atoms with van der Waals surface area (Å²) in [7, 11) is 4.10. The van der Waals surface area contributed by atoms with Gasteiger partial charge in [0.15, 0.2) is 5.78 Å². The fraction of sp³-hybridized carbons (Fsp3) is 0.292. The van der Waals surface area contributed by atoms with Crippen molar-refractivity contribution < 1.29 is 4.79 Å². The normalized spacial score (nSPS) is 14.0. The van der Waals surface area contributed by atoms with Crippen LogP contribution in [0.15, 0.2) is 66.4 Å². The second-order valence-electron chi connectivity index (χ2n) is 8.07. The van der Waals surface area contributed by atoms with Crippen LogP contribution in [0, 0.1) is 0 Å². The molecule has 0 bridgehead atoms. The molecule has 0 unspecified atom stereocenters. The molecule has 0 N–H and O–H groups in total. The summed E-state index contributed by atoms with van der Waals surface area (Å²) in [5, 5.41) is 0. The zero-order valence-electron chi connectivity index (χ0n) is 16.3. The summed E-state index contributed by atoms with van der Waals surface area (Å²) in [5.41, 5.74) is 6.14. The van der Waals surface area contributed by atoms with Crippen molar-refractivity contribution >= 4 is 11.4 Å². The number of allylic oxidation sites excluding steroid dienone is 3. The summed E-state index contributed by atoms with van der Waals surface area (Å²) in [4.78, 5) is 15.4. The Hall–Kier alpha value is -2.61. The van der Waals surface area contributed by atoms with Gasteiger partial charge in [-0.2, -0.15) is 0 Å². The SMILES string of the molecule is CN(C)C1=C(c2ccc(C(C)(C)C)cc2C(=O)c2ccccc2)CC=C1. The molecule has 26 heavy (non-hydrogen) atoms. The molecule has 0 aromatic heterocycles. The molecule has 134 valence electrons. The van der Waals surface area contributed by atoms with Gasteiger partial charge in [0.25, 0.3) is 0 Å². The predicted molar refractivity (Wildman–Crippen MR) is 109 cm³/mol. The monoisotopic (exact) mass is 345 g/mol. The van der Waals surface area contributed by atoms with Gasteiger partial charge >= 0.3 is 0 Å². The Morgan fingerprint density at radius 1 is 1.00 bits per heavy atom. The first-order valence-corrected chi connectivity index (χ1v) is 9.10. The maximum absolute atomic E-state index is 13.3. The number of hydrogen-bond acceptors (Lipinski definition) is 2. The molecule has 0 amide bonds. The molecule has 0 spiro atoms. The van der Waals surface area contributed by atoms with E-state index in [1.807, 2.05) is 44.4 Å². The maximum Gasteiger partial charge on any atom is 0.193 e. The Balaban J connectivity index is 2.19. The first-order chi connectivity index (χ1) is 12.3. The largest absolute Gasteiger partial charge is 0.377 e. The Morgan fingerprint density at radius 2 is 1.69 bits per heavy atom. The van der Waals surface area contributed by atoms with Crippen molar-refractivity contribution in [3.8, 4) is 0 Å². The molecule has 2 nitrogen and oxygen atoms in total. The highest BCUT2D eigenvalue weighted by Crippen LogP contribution is 2.35. The number of nitrogens with zero attached hydrogens (tertiary/aromatic N) is 1. The van der Waals surface area contributed by atoms with Crippen molar-refractivity contribution in [1.29, 1.82) is 0 Å². The van der Waals surface area contributed by atoms with Crippen molar-refractivity contribution in [2.75, 3.05) is 14.1 Å². The molecule has 0 saturated carbocycles. The quantitative estimate of drug-likeness (QED) is 0.687. The molecular formula is C24H27NO. The molecule has 0 radical (unpaired) electrons. The second-order valence-corrected chi connectivity index (χ2v) is 8.07. The molecule has 0 atom stereocenters. The summed E-state index contributed by atoms with van der Waals surface area (Å²) in [6, 6.07) is 15.9. The van der Waals surface area contributed by atoms with Crippen LogP contribution in [0.1, 0.15) is 54.2 Å². The lowest BCUT2D eigenvalue weighted by atomic mass is 9.82. The van der Waals surface area contributed by atoms with Gasteiger partial charge < -0.3 is 4.90 Å². The highest BCUT2D eigenvalue weighted by molar-refractivity contribution is 6.12. The fourth-order valence-electron chi connectivity index (χ4n) is 3.37. The summed E-state index contributed by atoms with van der Waals surface area (Å²) in [6.07, 6.45) is 5.17. The van der Waals surface area contributed by atoms with Crippen LogP contribution < -0.4 is 0 Å². The van der Waals surface area contributed by atoms with Crippen LogP contribution >= 0.6 is 0 Å². The van der Waals surface area contributed by atoms with Gasteiger partial charge in [-0.05, 0) is 40.7 Å². The highest BCUT2D eigenvalue weighted by Gasteiger charge is 2.23. The molecule has 2 aromatic rings. The smallest absolute Gasteiger partial charge is 0.193 e. The lowest BCUT2D eigenvalue weighted by Crippen LogP contribution is -2.15. The first-order valence-electron chi connectivity index (χ1n) is 9.10. The minimum absolute atomic E-state index is 0.00304. The van der Waals surface area contributed by atoms with Crippen molar-refractivity contribution in [1.82, 2.24) is 4.90 Å². The van der Waals surface area contributed by atoms with E-state index < -0.39 is 0 Å². The van der Waals surface area contributed by atoms with Gasteiger partial charge in [-0.15, -0.1) is 0 Å². The number of benzene rings is 2. The average molecular weight is 345 g/mol. The van der Waals surface area contributed by atoms with Crippen molar-refractivity contribution in [3.63, 3.8) is 0 Å². The number of ketones is 1. The molecule has 0 fully saturated rings. The van der Waals surface area contributed by atoms with E-state index >= 15 is 0 Å². The Morgan fingerprint density at radius 3 is 2.31 bits per heavy atom. The van der Waals surface area contributed by atoms with Gasteiger partial charge in [0.2, 0.25) is 0 Å². The number of hydrogen-bond donors (Lipinski definition) is 0. The van der Waals surface area contributed by atoms with Gasteiger partial charge in [0.05, 0.1) is 0 Å². The number of carbonyl (C=O) groups is 1. The lowest BCUT2D eigenvalue weighted by Gasteiger charge is -2.23. The molecule has 0 heterocycles. The van der Waals surface area contributed by atoms with E-state index in [1.54, 1.807) is 0 Å². The van der Waals surface area contributed by atoms with Gasteiger partial charge in [0.1, 0.15) is 0 Å². The maximum atomic E-state index is 13.3. The molecule has 1 aliphatic carbocycles. The van der Waals surface area contributed by atoms with Gasteiger partial charge in [0, 0.05) is 30.9 Å². The van der Waals surface area contributed by atoms with E-state index in [4.69, 9.17) is 0 Å². The molecule has 0 aliphatic heterocycles.